The molecule has 8 nitrogen and oxygen atoms in total. The monoisotopic (exact) mass is 478 g/mol. The Kier molecular flexibility index (Phi) is 6.82. The van der Waals surface area contributed by atoms with Crippen molar-refractivity contribution >= 4 is 34.3 Å². The summed E-state index contributed by atoms with van der Waals surface area (Å²) < 4.78 is 1.97. The van der Waals surface area contributed by atoms with Gasteiger partial charge in [0.1, 0.15) is 5.82 Å². The summed E-state index contributed by atoms with van der Waals surface area (Å²) in [7, 11) is 0. The molecule has 0 atom stereocenters. The van der Waals surface area contributed by atoms with Crippen LogP contribution in [0.4, 0.5) is 0 Å². The molecule has 3 aromatic rings. The summed E-state index contributed by atoms with van der Waals surface area (Å²) in [5, 5.41) is 11.9. The third kappa shape index (κ3) is 5.26. The molecule has 2 aliphatic rings. The van der Waals surface area contributed by atoms with E-state index >= 15 is 0 Å². The van der Waals surface area contributed by atoms with Crippen molar-refractivity contribution in [3.8, 4) is 0 Å². The quantitative estimate of drug-likeness (QED) is 0.475. The van der Waals surface area contributed by atoms with Crippen LogP contribution in [0, 0.1) is 0 Å². The van der Waals surface area contributed by atoms with Crippen molar-refractivity contribution in [3.05, 3.63) is 53.9 Å². The van der Waals surface area contributed by atoms with Crippen LogP contribution in [0.15, 0.2) is 47.6 Å². The van der Waals surface area contributed by atoms with Gasteiger partial charge in [-0.1, -0.05) is 54.2 Å². The number of benzene rings is 2. The smallest absolute Gasteiger partial charge is 0.233 e. The summed E-state index contributed by atoms with van der Waals surface area (Å²) in [5.41, 5.74) is 6.67. The third-order valence-electron chi connectivity index (χ3n) is 6.59. The van der Waals surface area contributed by atoms with Crippen molar-refractivity contribution < 1.29 is 9.59 Å². The number of fused-ring (bicyclic) bond motifs is 1. The Bertz CT molecular complexity index is 1180. The predicted molar refractivity (Wildman–Crippen MR) is 132 cm³/mol. The maximum absolute atomic E-state index is 12.9. The Labute approximate surface area is 203 Å². The zero-order chi connectivity index (χ0) is 23.5. The maximum Gasteiger partial charge on any atom is 0.233 e. The zero-order valence-corrected chi connectivity index (χ0v) is 20.0. The molecule has 2 N–H and O–H groups in total. The first-order chi connectivity index (χ1) is 16.6. The first-order valence-electron chi connectivity index (χ1n) is 11.9. The highest BCUT2D eigenvalue weighted by atomic mass is 32.2. The van der Waals surface area contributed by atoms with E-state index in [2.05, 4.69) is 57.6 Å². The molecule has 2 amide bonds. The van der Waals surface area contributed by atoms with E-state index in [4.69, 9.17) is 5.73 Å². The summed E-state index contributed by atoms with van der Waals surface area (Å²) >= 11 is 1.40. The number of carbonyl (C=O) groups excluding carboxylic acids is 2. The van der Waals surface area contributed by atoms with Gasteiger partial charge in [0.05, 0.1) is 5.75 Å². The van der Waals surface area contributed by atoms with Gasteiger partial charge in [0.25, 0.3) is 0 Å². The van der Waals surface area contributed by atoms with Crippen molar-refractivity contribution in [2.75, 3.05) is 31.9 Å². The molecule has 1 aromatic heterocycles. The SMILES string of the molecule is NC(=O)CCn1c(SCC(=O)N2CCN(Cc3cccc4ccccc34)CC2)nnc1C1CC1. The number of carbonyl (C=O) groups is 2. The third-order valence-corrected chi connectivity index (χ3v) is 7.54. The lowest BCUT2D eigenvalue weighted by atomic mass is 10.0. The molecule has 1 aliphatic heterocycles. The highest BCUT2D eigenvalue weighted by molar-refractivity contribution is 7.99. The first-order valence-corrected chi connectivity index (χ1v) is 12.9. The van der Waals surface area contributed by atoms with Gasteiger partial charge in [-0.2, -0.15) is 0 Å². The molecular formula is C25H30N6O2S. The average Bonchev–Trinajstić information content (AvgIpc) is 3.62. The molecule has 0 spiro atoms. The molecule has 2 aromatic carbocycles. The predicted octanol–water partition coefficient (Wildman–Crippen LogP) is 2.62. The normalized spacial score (nSPS) is 16.8. The van der Waals surface area contributed by atoms with Gasteiger partial charge in [0, 0.05) is 51.6 Å². The van der Waals surface area contributed by atoms with Gasteiger partial charge in [-0.05, 0) is 29.2 Å². The largest absolute Gasteiger partial charge is 0.370 e. The molecule has 9 heteroatoms. The van der Waals surface area contributed by atoms with E-state index in [0.717, 1.165) is 51.4 Å². The number of amides is 2. The van der Waals surface area contributed by atoms with Crippen molar-refractivity contribution in [2.45, 2.75) is 43.4 Å². The van der Waals surface area contributed by atoms with Crippen molar-refractivity contribution in [2.24, 2.45) is 5.73 Å². The van der Waals surface area contributed by atoms with Gasteiger partial charge in [-0.3, -0.25) is 14.5 Å². The Morgan fingerprint density at radius 1 is 1.00 bits per heavy atom. The lowest BCUT2D eigenvalue weighted by Gasteiger charge is -2.35. The van der Waals surface area contributed by atoms with E-state index in [0.29, 0.717) is 23.4 Å². The fourth-order valence-corrected chi connectivity index (χ4v) is 5.40. The van der Waals surface area contributed by atoms with E-state index < -0.39 is 0 Å². The molecule has 1 saturated carbocycles. The van der Waals surface area contributed by atoms with Gasteiger partial charge >= 0.3 is 0 Å². The molecule has 0 unspecified atom stereocenters. The van der Waals surface area contributed by atoms with Crippen LogP contribution in [0.2, 0.25) is 0 Å². The topological polar surface area (TPSA) is 97.3 Å². The van der Waals surface area contributed by atoms with Gasteiger partial charge in [0.15, 0.2) is 5.16 Å². The van der Waals surface area contributed by atoms with Crippen molar-refractivity contribution in [3.63, 3.8) is 0 Å². The minimum absolute atomic E-state index is 0.118. The summed E-state index contributed by atoms with van der Waals surface area (Å²) in [6, 6.07) is 14.9. The second-order valence-electron chi connectivity index (χ2n) is 9.07. The van der Waals surface area contributed by atoms with Crippen LogP contribution >= 0.6 is 11.8 Å². The zero-order valence-electron chi connectivity index (χ0n) is 19.2. The van der Waals surface area contributed by atoms with Gasteiger partial charge in [0.2, 0.25) is 11.8 Å². The Morgan fingerprint density at radius 3 is 2.53 bits per heavy atom. The van der Waals surface area contributed by atoms with Gasteiger partial charge in [-0.25, -0.2) is 0 Å². The molecule has 2 fully saturated rings. The molecule has 5 rings (SSSR count). The van der Waals surface area contributed by atoms with Crippen LogP contribution in [0.3, 0.4) is 0 Å². The van der Waals surface area contributed by atoms with Crippen LogP contribution < -0.4 is 5.73 Å². The number of aromatic nitrogens is 3. The lowest BCUT2D eigenvalue weighted by molar-refractivity contribution is -0.130. The number of thioether (sulfide) groups is 1. The van der Waals surface area contributed by atoms with Crippen LogP contribution in [0.5, 0.6) is 0 Å². The summed E-state index contributed by atoms with van der Waals surface area (Å²) in [6.45, 7) is 4.54. The molecule has 178 valence electrons. The second-order valence-corrected chi connectivity index (χ2v) is 10.0. The maximum atomic E-state index is 12.9. The fraction of sp³-hybridized carbons (Fsp3) is 0.440. The van der Waals surface area contributed by atoms with E-state index in [1.807, 2.05) is 9.47 Å². The standard InChI is InChI=1S/C25H30N6O2S/c26-22(32)10-11-31-24(19-8-9-19)27-28-25(31)34-17-23(33)30-14-12-29(13-15-30)16-20-6-3-5-18-4-1-2-7-21(18)20/h1-7,19H,8-17H2,(H2,26,32). The van der Waals surface area contributed by atoms with Crippen molar-refractivity contribution in [1.82, 2.24) is 24.6 Å². The minimum Gasteiger partial charge on any atom is -0.370 e. The summed E-state index contributed by atoms with van der Waals surface area (Å²) in [6.07, 6.45) is 2.45. The average molecular weight is 479 g/mol. The molecule has 34 heavy (non-hydrogen) atoms. The van der Waals surface area contributed by atoms with Crippen molar-refractivity contribution in [1.29, 1.82) is 0 Å². The lowest BCUT2D eigenvalue weighted by Crippen LogP contribution is -2.48. The summed E-state index contributed by atoms with van der Waals surface area (Å²) in [4.78, 5) is 28.5. The number of primary amides is 1. The van der Waals surface area contributed by atoms with Gasteiger partial charge in [-0.15, -0.1) is 10.2 Å². The second kappa shape index (κ2) is 10.1. The molecule has 0 radical (unpaired) electrons. The van der Waals surface area contributed by atoms with Crippen LogP contribution in [0.1, 0.15) is 36.6 Å². The minimum atomic E-state index is -0.344. The number of nitrogens with two attached hydrogens (primary N) is 1. The van der Waals surface area contributed by atoms with E-state index in [1.54, 1.807) is 0 Å². The number of hydrogen-bond acceptors (Lipinski definition) is 6. The number of rotatable bonds is 9. The first kappa shape index (κ1) is 22.9. The van der Waals surface area contributed by atoms with Crippen LogP contribution in [-0.4, -0.2) is 68.3 Å². The fourth-order valence-electron chi connectivity index (χ4n) is 4.53. The Hall–Kier alpha value is -2.91. The van der Waals surface area contributed by atoms with E-state index in [-0.39, 0.29) is 18.2 Å². The molecule has 1 aliphatic carbocycles. The molecule has 0 bridgehead atoms. The number of nitrogens with zero attached hydrogens (tertiary/aromatic N) is 5. The number of piperazine rings is 1. The highest BCUT2D eigenvalue weighted by Gasteiger charge is 2.31. The molecule has 1 saturated heterocycles. The summed E-state index contributed by atoms with van der Waals surface area (Å²) in [5.74, 6) is 1.43. The number of hydrogen-bond donors (Lipinski definition) is 1. The Balaban J connectivity index is 1.14. The van der Waals surface area contributed by atoms with Gasteiger partial charge < -0.3 is 15.2 Å². The van der Waals surface area contributed by atoms with E-state index in [1.165, 1.54) is 28.1 Å². The molecule has 2 heterocycles. The van der Waals surface area contributed by atoms with E-state index in [9.17, 15) is 9.59 Å². The highest BCUT2D eigenvalue weighted by Crippen LogP contribution is 2.40. The van der Waals surface area contributed by atoms with Crippen LogP contribution in [0.25, 0.3) is 10.8 Å². The Morgan fingerprint density at radius 2 is 1.76 bits per heavy atom. The molecular weight excluding hydrogens is 448 g/mol. The van der Waals surface area contributed by atoms with Crippen LogP contribution in [-0.2, 0) is 22.7 Å².